The van der Waals surface area contributed by atoms with E-state index >= 15 is 0 Å². The highest BCUT2D eigenvalue weighted by molar-refractivity contribution is 9.10. The average Bonchev–Trinajstić information content (AvgIpc) is 2.95. The van der Waals surface area contributed by atoms with Crippen molar-refractivity contribution in [2.45, 2.75) is 38.4 Å². The highest BCUT2D eigenvalue weighted by Gasteiger charge is 2.26. The van der Waals surface area contributed by atoms with E-state index in [0.717, 1.165) is 48.3 Å². The Morgan fingerprint density at radius 1 is 1.08 bits per heavy atom. The van der Waals surface area contributed by atoms with Crippen LogP contribution < -0.4 is 14.8 Å². The zero-order chi connectivity index (χ0) is 16.5. The molecule has 0 bridgehead atoms. The number of hydrogen-bond donors (Lipinski definition) is 1. The lowest BCUT2D eigenvalue weighted by molar-refractivity contribution is 0.127. The predicted molar refractivity (Wildman–Crippen MR) is 98.9 cm³/mol. The molecule has 24 heavy (non-hydrogen) atoms. The summed E-state index contributed by atoms with van der Waals surface area (Å²) in [5.74, 6) is 1.66. The van der Waals surface area contributed by atoms with E-state index in [1.165, 1.54) is 16.7 Å². The molecule has 1 atom stereocenters. The summed E-state index contributed by atoms with van der Waals surface area (Å²) in [5, 5.41) is 3.23. The van der Waals surface area contributed by atoms with Gasteiger partial charge in [-0.15, -0.1) is 0 Å². The monoisotopic (exact) mass is 387 g/mol. The van der Waals surface area contributed by atoms with Crippen molar-refractivity contribution < 1.29 is 9.47 Å². The molecule has 0 spiro atoms. The van der Waals surface area contributed by atoms with Crippen LogP contribution in [0, 0.1) is 0 Å². The summed E-state index contributed by atoms with van der Waals surface area (Å²) in [6.07, 6.45) is 3.56. The molecule has 126 valence electrons. The minimum Gasteiger partial charge on any atom is -0.484 e. The SMILES string of the molecule is CCc1ccc2c(c1)CCC2Oc1ccc(Br)cc1OC1CNC1. The molecule has 4 heteroatoms. The number of nitrogens with one attached hydrogen (secondary N) is 1. The topological polar surface area (TPSA) is 30.5 Å². The molecule has 1 heterocycles. The third-order valence-electron chi connectivity index (χ3n) is 4.85. The van der Waals surface area contributed by atoms with Crippen molar-refractivity contribution in [2.75, 3.05) is 13.1 Å². The van der Waals surface area contributed by atoms with Crippen LogP contribution in [0.3, 0.4) is 0 Å². The molecule has 0 saturated carbocycles. The summed E-state index contributed by atoms with van der Waals surface area (Å²) in [6, 6.07) is 12.8. The van der Waals surface area contributed by atoms with Gasteiger partial charge in [0.05, 0.1) is 0 Å². The van der Waals surface area contributed by atoms with Crippen LogP contribution in [0.5, 0.6) is 11.5 Å². The first-order valence-corrected chi connectivity index (χ1v) is 9.47. The van der Waals surface area contributed by atoms with Gasteiger partial charge in [-0.1, -0.05) is 41.1 Å². The lowest BCUT2D eigenvalue weighted by Gasteiger charge is -2.29. The zero-order valence-corrected chi connectivity index (χ0v) is 15.4. The maximum atomic E-state index is 6.36. The molecule has 2 aromatic rings. The molecule has 3 nitrogen and oxygen atoms in total. The number of aryl methyl sites for hydroxylation is 2. The van der Waals surface area contributed by atoms with Gasteiger partial charge in [-0.25, -0.2) is 0 Å². The summed E-state index contributed by atoms with van der Waals surface area (Å²) in [7, 11) is 0. The van der Waals surface area contributed by atoms with Crippen LogP contribution in [0.2, 0.25) is 0 Å². The Hall–Kier alpha value is -1.52. The van der Waals surface area contributed by atoms with Crippen LogP contribution >= 0.6 is 15.9 Å². The lowest BCUT2D eigenvalue weighted by Crippen LogP contribution is -2.50. The first kappa shape index (κ1) is 16.0. The Bertz CT molecular complexity index is 742. The maximum absolute atomic E-state index is 6.36. The van der Waals surface area contributed by atoms with E-state index in [0.29, 0.717) is 0 Å². The van der Waals surface area contributed by atoms with Crippen LogP contribution in [0.4, 0.5) is 0 Å². The van der Waals surface area contributed by atoms with Crippen molar-refractivity contribution in [3.05, 3.63) is 57.6 Å². The van der Waals surface area contributed by atoms with Crippen molar-refractivity contribution in [3.63, 3.8) is 0 Å². The van der Waals surface area contributed by atoms with Crippen molar-refractivity contribution in [2.24, 2.45) is 0 Å². The molecule has 1 aliphatic carbocycles. The van der Waals surface area contributed by atoms with E-state index in [2.05, 4.69) is 46.4 Å². The summed E-state index contributed by atoms with van der Waals surface area (Å²) >= 11 is 3.53. The van der Waals surface area contributed by atoms with Gasteiger partial charge in [0, 0.05) is 17.6 Å². The van der Waals surface area contributed by atoms with Gasteiger partial charge in [-0.3, -0.25) is 0 Å². The van der Waals surface area contributed by atoms with E-state index in [9.17, 15) is 0 Å². The standard InChI is InChI=1S/C20H22BrNO2/c1-2-13-3-6-17-14(9-13)4-7-18(17)24-19-8-5-15(21)10-20(19)23-16-11-22-12-16/h3,5-6,8-10,16,18,22H,2,4,7,11-12H2,1H3. The Kier molecular flexibility index (Phi) is 4.51. The molecule has 1 aliphatic heterocycles. The largest absolute Gasteiger partial charge is 0.484 e. The van der Waals surface area contributed by atoms with E-state index < -0.39 is 0 Å². The number of ether oxygens (including phenoxy) is 2. The molecule has 0 aromatic heterocycles. The zero-order valence-electron chi connectivity index (χ0n) is 13.8. The first-order valence-electron chi connectivity index (χ1n) is 8.68. The molecule has 1 saturated heterocycles. The van der Waals surface area contributed by atoms with Crippen LogP contribution in [-0.4, -0.2) is 19.2 Å². The molecule has 2 aliphatic rings. The molecule has 4 rings (SSSR count). The van der Waals surface area contributed by atoms with Crippen LogP contribution in [0.25, 0.3) is 0 Å². The third kappa shape index (κ3) is 3.17. The minimum atomic E-state index is 0.119. The molecule has 2 aromatic carbocycles. The van der Waals surface area contributed by atoms with Gasteiger partial charge in [-0.05, 0) is 54.2 Å². The van der Waals surface area contributed by atoms with E-state index in [-0.39, 0.29) is 12.2 Å². The normalized spacial score (nSPS) is 19.7. The second kappa shape index (κ2) is 6.77. The molecule has 1 unspecified atom stereocenters. The van der Waals surface area contributed by atoms with Gasteiger partial charge in [0.15, 0.2) is 11.5 Å². The molecule has 1 fully saturated rings. The smallest absolute Gasteiger partial charge is 0.162 e. The quantitative estimate of drug-likeness (QED) is 0.822. The summed E-state index contributed by atoms with van der Waals surface area (Å²) < 4.78 is 13.5. The maximum Gasteiger partial charge on any atom is 0.162 e. The lowest BCUT2D eigenvalue weighted by atomic mass is 10.0. The molecule has 0 radical (unpaired) electrons. The molecule has 0 amide bonds. The van der Waals surface area contributed by atoms with E-state index in [4.69, 9.17) is 9.47 Å². The molecular formula is C20H22BrNO2. The van der Waals surface area contributed by atoms with Crippen LogP contribution in [-0.2, 0) is 12.8 Å². The van der Waals surface area contributed by atoms with E-state index in [1.54, 1.807) is 0 Å². The van der Waals surface area contributed by atoms with Crippen LogP contribution in [0.1, 0.15) is 36.1 Å². The molecule has 1 N–H and O–H groups in total. The van der Waals surface area contributed by atoms with Gasteiger partial charge in [-0.2, -0.15) is 0 Å². The fourth-order valence-corrected chi connectivity index (χ4v) is 3.66. The number of fused-ring (bicyclic) bond motifs is 1. The summed E-state index contributed by atoms with van der Waals surface area (Å²) in [5.41, 5.74) is 4.16. The Balaban J connectivity index is 1.56. The van der Waals surface area contributed by atoms with Gasteiger partial charge in [0.1, 0.15) is 12.2 Å². The number of rotatable bonds is 5. The minimum absolute atomic E-state index is 0.119. The predicted octanol–water partition coefficient (Wildman–Crippen LogP) is 4.43. The highest BCUT2D eigenvalue weighted by atomic mass is 79.9. The average molecular weight is 388 g/mol. The van der Waals surface area contributed by atoms with Crippen LogP contribution in [0.15, 0.2) is 40.9 Å². The number of benzene rings is 2. The summed E-state index contributed by atoms with van der Waals surface area (Å²) in [4.78, 5) is 0. The fraction of sp³-hybridized carbons (Fsp3) is 0.400. The van der Waals surface area contributed by atoms with Gasteiger partial charge < -0.3 is 14.8 Å². The van der Waals surface area contributed by atoms with E-state index in [1.807, 2.05) is 18.2 Å². The Morgan fingerprint density at radius 2 is 1.96 bits per heavy atom. The fourth-order valence-electron chi connectivity index (χ4n) is 3.32. The second-order valence-corrected chi connectivity index (χ2v) is 7.44. The van der Waals surface area contributed by atoms with Crippen molar-refractivity contribution >= 4 is 15.9 Å². The van der Waals surface area contributed by atoms with Crippen molar-refractivity contribution in [3.8, 4) is 11.5 Å². The molecular weight excluding hydrogens is 366 g/mol. The number of halogens is 1. The first-order chi connectivity index (χ1) is 11.7. The summed E-state index contributed by atoms with van der Waals surface area (Å²) in [6.45, 7) is 4.00. The highest BCUT2D eigenvalue weighted by Crippen LogP contribution is 2.40. The van der Waals surface area contributed by atoms with Gasteiger partial charge in [0.2, 0.25) is 0 Å². The van der Waals surface area contributed by atoms with Crippen molar-refractivity contribution in [1.29, 1.82) is 0 Å². The van der Waals surface area contributed by atoms with Crippen molar-refractivity contribution in [1.82, 2.24) is 5.32 Å². The Morgan fingerprint density at radius 3 is 2.71 bits per heavy atom. The third-order valence-corrected chi connectivity index (χ3v) is 5.34. The van der Waals surface area contributed by atoms with Gasteiger partial charge in [0.25, 0.3) is 0 Å². The Labute approximate surface area is 151 Å². The van der Waals surface area contributed by atoms with Gasteiger partial charge >= 0.3 is 0 Å². The second-order valence-electron chi connectivity index (χ2n) is 6.52. The number of hydrogen-bond acceptors (Lipinski definition) is 3.